The molecule has 1 fully saturated rings. The summed E-state index contributed by atoms with van der Waals surface area (Å²) in [5, 5.41) is 8.23. The van der Waals surface area contributed by atoms with Crippen molar-refractivity contribution in [3.05, 3.63) is 12.2 Å². The van der Waals surface area contributed by atoms with Gasteiger partial charge in [-0.2, -0.15) is 0 Å². The monoisotopic (exact) mass is 222 g/mol. The van der Waals surface area contributed by atoms with Crippen LogP contribution in [0.25, 0.3) is 0 Å². The third-order valence-corrected chi connectivity index (χ3v) is 3.38. The van der Waals surface area contributed by atoms with E-state index in [2.05, 4.69) is 28.6 Å². The maximum absolute atomic E-state index is 6.19. The van der Waals surface area contributed by atoms with Crippen molar-refractivity contribution >= 4 is 0 Å². The number of rotatable bonds is 4. The van der Waals surface area contributed by atoms with Gasteiger partial charge in [-0.05, 0) is 25.2 Å². The smallest absolute Gasteiger partial charge is 0.150 e. The molecule has 1 aromatic heterocycles. The molecule has 16 heavy (non-hydrogen) atoms. The predicted molar refractivity (Wildman–Crippen MR) is 63.9 cm³/mol. The summed E-state index contributed by atoms with van der Waals surface area (Å²) in [6.07, 6.45) is 7.97. The van der Waals surface area contributed by atoms with Crippen LogP contribution in [0.5, 0.6) is 0 Å². The van der Waals surface area contributed by atoms with Crippen molar-refractivity contribution in [2.45, 2.75) is 58.0 Å². The summed E-state index contributed by atoms with van der Waals surface area (Å²) in [6, 6.07) is 0.617. The fraction of sp³-hybridized carbons (Fsp3) is 0.833. The molecule has 1 aliphatic carbocycles. The van der Waals surface area contributed by atoms with Crippen LogP contribution in [-0.2, 0) is 0 Å². The fourth-order valence-electron chi connectivity index (χ4n) is 2.59. The van der Waals surface area contributed by atoms with Crippen LogP contribution < -0.4 is 5.73 Å². The maximum Gasteiger partial charge on any atom is 0.150 e. The third-order valence-electron chi connectivity index (χ3n) is 3.38. The van der Waals surface area contributed by atoms with Gasteiger partial charge in [0.1, 0.15) is 12.2 Å². The molecule has 0 unspecified atom stereocenters. The molecule has 0 aliphatic heterocycles. The van der Waals surface area contributed by atoms with Gasteiger partial charge >= 0.3 is 0 Å². The molecule has 1 heterocycles. The van der Waals surface area contributed by atoms with Gasteiger partial charge in [0, 0.05) is 6.04 Å². The molecule has 1 atom stereocenters. The minimum absolute atomic E-state index is 0.0306. The van der Waals surface area contributed by atoms with Gasteiger partial charge in [-0.3, -0.25) is 0 Å². The van der Waals surface area contributed by atoms with Crippen molar-refractivity contribution < 1.29 is 0 Å². The van der Waals surface area contributed by atoms with Gasteiger partial charge in [-0.1, -0.05) is 26.7 Å². The number of nitrogens with two attached hydrogens (primary N) is 1. The first-order valence-electron chi connectivity index (χ1n) is 6.33. The fourth-order valence-corrected chi connectivity index (χ4v) is 2.59. The SMILES string of the molecule is CC(C)C[C@H](N)c1nncn1C1CCCC1. The van der Waals surface area contributed by atoms with Crippen LogP contribution >= 0.6 is 0 Å². The van der Waals surface area contributed by atoms with Gasteiger partial charge in [-0.25, -0.2) is 0 Å². The zero-order chi connectivity index (χ0) is 11.5. The Morgan fingerprint density at radius 3 is 2.75 bits per heavy atom. The van der Waals surface area contributed by atoms with E-state index < -0.39 is 0 Å². The van der Waals surface area contributed by atoms with Crippen LogP contribution in [0.15, 0.2) is 6.33 Å². The second-order valence-corrected chi connectivity index (χ2v) is 5.27. The largest absolute Gasteiger partial charge is 0.321 e. The highest BCUT2D eigenvalue weighted by Gasteiger charge is 2.23. The lowest BCUT2D eigenvalue weighted by Gasteiger charge is -2.18. The molecule has 1 aliphatic rings. The van der Waals surface area contributed by atoms with E-state index in [-0.39, 0.29) is 6.04 Å². The molecular formula is C12H22N4. The second-order valence-electron chi connectivity index (χ2n) is 5.27. The number of aromatic nitrogens is 3. The topological polar surface area (TPSA) is 56.7 Å². The molecule has 0 radical (unpaired) electrons. The summed E-state index contributed by atoms with van der Waals surface area (Å²) in [5.74, 6) is 1.57. The average Bonchev–Trinajstić information content (AvgIpc) is 2.87. The van der Waals surface area contributed by atoms with Gasteiger partial charge < -0.3 is 10.3 Å². The van der Waals surface area contributed by atoms with E-state index >= 15 is 0 Å². The molecule has 1 aromatic rings. The molecule has 0 spiro atoms. The number of hydrogen-bond acceptors (Lipinski definition) is 3. The first-order valence-corrected chi connectivity index (χ1v) is 6.33. The standard InChI is InChI=1S/C12H22N4/c1-9(2)7-11(13)12-15-14-8-16(12)10-5-3-4-6-10/h8-11H,3-7,13H2,1-2H3/t11-/m0/s1. The van der Waals surface area contributed by atoms with E-state index in [1.54, 1.807) is 0 Å². The Labute approximate surface area is 97.2 Å². The second kappa shape index (κ2) is 4.95. The lowest BCUT2D eigenvalue weighted by molar-refractivity contribution is 0.436. The van der Waals surface area contributed by atoms with E-state index in [9.17, 15) is 0 Å². The predicted octanol–water partition coefficient (Wildman–Crippen LogP) is 2.44. The Balaban J connectivity index is 2.11. The molecule has 1 saturated carbocycles. The number of nitrogens with zero attached hydrogens (tertiary/aromatic N) is 3. The Kier molecular flexibility index (Phi) is 3.59. The van der Waals surface area contributed by atoms with Crippen LogP contribution in [0.4, 0.5) is 0 Å². The first kappa shape index (κ1) is 11.6. The highest BCUT2D eigenvalue weighted by atomic mass is 15.3. The summed E-state index contributed by atoms with van der Waals surface area (Å²) >= 11 is 0. The molecule has 2 N–H and O–H groups in total. The molecule has 0 bridgehead atoms. The van der Waals surface area contributed by atoms with Crippen molar-refractivity contribution in [1.29, 1.82) is 0 Å². The average molecular weight is 222 g/mol. The Bertz CT molecular complexity index is 326. The van der Waals surface area contributed by atoms with E-state index in [0.717, 1.165) is 12.2 Å². The third kappa shape index (κ3) is 2.43. The van der Waals surface area contributed by atoms with E-state index in [1.165, 1.54) is 25.7 Å². The molecule has 0 saturated heterocycles. The number of hydrogen-bond donors (Lipinski definition) is 1. The maximum atomic E-state index is 6.19. The van der Waals surface area contributed by atoms with Crippen molar-refractivity contribution in [3.8, 4) is 0 Å². The Morgan fingerprint density at radius 1 is 1.44 bits per heavy atom. The lowest BCUT2D eigenvalue weighted by Crippen LogP contribution is -2.20. The summed E-state index contributed by atoms with van der Waals surface area (Å²) < 4.78 is 2.21. The van der Waals surface area contributed by atoms with Crippen LogP contribution in [0, 0.1) is 5.92 Å². The minimum Gasteiger partial charge on any atom is -0.321 e. The van der Waals surface area contributed by atoms with Crippen molar-refractivity contribution in [2.75, 3.05) is 0 Å². The summed E-state index contributed by atoms with van der Waals surface area (Å²) in [6.45, 7) is 4.38. The highest BCUT2D eigenvalue weighted by molar-refractivity contribution is 4.97. The highest BCUT2D eigenvalue weighted by Crippen LogP contribution is 2.31. The van der Waals surface area contributed by atoms with Crippen LogP contribution in [0.1, 0.15) is 63.9 Å². The lowest BCUT2D eigenvalue weighted by atomic mass is 10.0. The molecule has 4 nitrogen and oxygen atoms in total. The van der Waals surface area contributed by atoms with E-state index in [1.807, 2.05) is 6.33 Å². The summed E-state index contributed by atoms with van der Waals surface area (Å²) in [4.78, 5) is 0. The Hall–Kier alpha value is -0.900. The minimum atomic E-state index is 0.0306. The zero-order valence-electron chi connectivity index (χ0n) is 10.3. The quantitative estimate of drug-likeness (QED) is 0.851. The first-order chi connectivity index (χ1) is 7.68. The summed E-state index contributed by atoms with van der Waals surface area (Å²) in [7, 11) is 0. The molecule has 4 heteroatoms. The van der Waals surface area contributed by atoms with Crippen LogP contribution in [0.3, 0.4) is 0 Å². The molecule has 0 aromatic carbocycles. The molecule has 2 rings (SSSR count). The van der Waals surface area contributed by atoms with Crippen LogP contribution in [0.2, 0.25) is 0 Å². The van der Waals surface area contributed by atoms with E-state index in [0.29, 0.717) is 12.0 Å². The van der Waals surface area contributed by atoms with Gasteiger partial charge in [0.15, 0.2) is 0 Å². The van der Waals surface area contributed by atoms with Gasteiger partial charge in [0.2, 0.25) is 0 Å². The van der Waals surface area contributed by atoms with Crippen molar-refractivity contribution in [2.24, 2.45) is 11.7 Å². The summed E-state index contributed by atoms with van der Waals surface area (Å²) in [5.41, 5.74) is 6.19. The zero-order valence-corrected chi connectivity index (χ0v) is 10.3. The molecular weight excluding hydrogens is 200 g/mol. The van der Waals surface area contributed by atoms with Crippen molar-refractivity contribution in [1.82, 2.24) is 14.8 Å². The van der Waals surface area contributed by atoms with Crippen LogP contribution in [-0.4, -0.2) is 14.8 Å². The van der Waals surface area contributed by atoms with Gasteiger partial charge in [0.25, 0.3) is 0 Å². The Morgan fingerprint density at radius 2 is 2.12 bits per heavy atom. The van der Waals surface area contributed by atoms with Gasteiger partial charge in [-0.15, -0.1) is 10.2 Å². The molecule has 90 valence electrons. The van der Waals surface area contributed by atoms with Gasteiger partial charge in [0.05, 0.1) is 6.04 Å². The van der Waals surface area contributed by atoms with Crippen molar-refractivity contribution in [3.63, 3.8) is 0 Å². The van der Waals surface area contributed by atoms with E-state index in [4.69, 9.17) is 5.73 Å². The molecule has 0 amide bonds. The normalized spacial score (nSPS) is 19.5.